The first-order valence-corrected chi connectivity index (χ1v) is 7.53. The number of nitrogens with zero attached hydrogens (tertiary/aromatic N) is 1. The molecule has 0 aliphatic heterocycles. The van der Waals surface area contributed by atoms with E-state index in [2.05, 4.69) is 10.5 Å². The zero-order valence-electron chi connectivity index (χ0n) is 13.7. The fourth-order valence-corrected chi connectivity index (χ4v) is 1.88. The summed E-state index contributed by atoms with van der Waals surface area (Å²) in [5.74, 6) is 1.73. The van der Waals surface area contributed by atoms with E-state index in [4.69, 9.17) is 14.2 Å². The number of carbonyl (C=O) groups is 1. The molecule has 2 aromatic carbocycles. The Bertz CT molecular complexity index is 684. The molecule has 0 fully saturated rings. The number of hydrogen-bond donors (Lipinski definition) is 1. The lowest BCUT2D eigenvalue weighted by Crippen LogP contribution is -2.24. The number of carbonyl (C=O) groups excluding carboxylic acids is 1. The Morgan fingerprint density at radius 1 is 1.08 bits per heavy atom. The van der Waals surface area contributed by atoms with Crippen LogP contribution in [-0.2, 0) is 4.79 Å². The van der Waals surface area contributed by atoms with Crippen molar-refractivity contribution in [1.29, 1.82) is 0 Å². The SMILES string of the molecule is CCOc1ccc(OCC(=O)N/N=C/c2cccc(OC)c2)cc1. The highest BCUT2D eigenvalue weighted by atomic mass is 16.5. The van der Waals surface area contributed by atoms with Crippen LogP contribution < -0.4 is 19.6 Å². The number of hydrogen-bond acceptors (Lipinski definition) is 5. The molecule has 0 aliphatic rings. The van der Waals surface area contributed by atoms with Gasteiger partial charge in [-0.15, -0.1) is 0 Å². The Labute approximate surface area is 141 Å². The molecule has 0 atom stereocenters. The van der Waals surface area contributed by atoms with Gasteiger partial charge in [0.15, 0.2) is 6.61 Å². The summed E-state index contributed by atoms with van der Waals surface area (Å²) in [6.07, 6.45) is 1.54. The summed E-state index contributed by atoms with van der Waals surface area (Å²) in [6, 6.07) is 14.4. The maximum Gasteiger partial charge on any atom is 0.277 e. The molecule has 6 nitrogen and oxygen atoms in total. The molecular weight excluding hydrogens is 308 g/mol. The molecule has 126 valence electrons. The van der Waals surface area contributed by atoms with Gasteiger partial charge in [0.25, 0.3) is 5.91 Å². The summed E-state index contributed by atoms with van der Waals surface area (Å²) in [6.45, 7) is 2.40. The second-order valence-electron chi connectivity index (χ2n) is 4.76. The number of hydrazone groups is 1. The molecule has 0 aromatic heterocycles. The number of ether oxygens (including phenoxy) is 3. The minimum absolute atomic E-state index is 0.122. The fourth-order valence-electron chi connectivity index (χ4n) is 1.88. The van der Waals surface area contributed by atoms with Crippen LogP contribution in [0.25, 0.3) is 0 Å². The van der Waals surface area contributed by atoms with Gasteiger partial charge < -0.3 is 14.2 Å². The van der Waals surface area contributed by atoms with Gasteiger partial charge >= 0.3 is 0 Å². The van der Waals surface area contributed by atoms with E-state index >= 15 is 0 Å². The monoisotopic (exact) mass is 328 g/mol. The largest absolute Gasteiger partial charge is 0.497 e. The van der Waals surface area contributed by atoms with E-state index < -0.39 is 0 Å². The maximum absolute atomic E-state index is 11.7. The van der Waals surface area contributed by atoms with Crippen LogP contribution in [-0.4, -0.2) is 32.4 Å². The predicted molar refractivity (Wildman–Crippen MR) is 91.8 cm³/mol. The number of methoxy groups -OCH3 is 1. The Morgan fingerprint density at radius 2 is 1.79 bits per heavy atom. The topological polar surface area (TPSA) is 69.2 Å². The van der Waals surface area contributed by atoms with Gasteiger partial charge in [-0.1, -0.05) is 12.1 Å². The second-order valence-corrected chi connectivity index (χ2v) is 4.76. The third kappa shape index (κ3) is 5.64. The van der Waals surface area contributed by atoms with Crippen molar-refractivity contribution < 1.29 is 19.0 Å². The minimum atomic E-state index is -0.344. The standard InChI is InChI=1S/C18H20N2O4/c1-3-23-15-7-9-16(10-8-15)24-13-18(21)20-19-12-14-5-4-6-17(11-14)22-2/h4-12H,3,13H2,1-2H3,(H,20,21)/b19-12+. The van der Waals surface area contributed by atoms with Crippen molar-refractivity contribution >= 4 is 12.1 Å². The van der Waals surface area contributed by atoms with E-state index in [0.29, 0.717) is 12.4 Å². The lowest BCUT2D eigenvalue weighted by atomic mass is 10.2. The molecule has 0 saturated heterocycles. The number of amides is 1. The first-order valence-electron chi connectivity index (χ1n) is 7.53. The zero-order chi connectivity index (χ0) is 17.2. The lowest BCUT2D eigenvalue weighted by molar-refractivity contribution is -0.123. The van der Waals surface area contributed by atoms with Crippen LogP contribution in [0.2, 0.25) is 0 Å². The van der Waals surface area contributed by atoms with Gasteiger partial charge in [0.2, 0.25) is 0 Å². The predicted octanol–water partition coefficient (Wildman–Crippen LogP) is 2.62. The average Bonchev–Trinajstić information content (AvgIpc) is 2.61. The summed E-state index contributed by atoms with van der Waals surface area (Å²) in [5.41, 5.74) is 3.23. The minimum Gasteiger partial charge on any atom is -0.497 e. The van der Waals surface area contributed by atoms with E-state index in [9.17, 15) is 4.79 Å². The average molecular weight is 328 g/mol. The van der Waals surface area contributed by atoms with Gasteiger partial charge in [-0.2, -0.15) is 5.10 Å². The van der Waals surface area contributed by atoms with Crippen molar-refractivity contribution in [3.8, 4) is 17.2 Å². The molecule has 1 N–H and O–H groups in total. The Balaban J connectivity index is 1.77. The van der Waals surface area contributed by atoms with Crippen LogP contribution in [0, 0.1) is 0 Å². The van der Waals surface area contributed by atoms with Crippen LogP contribution in [0.15, 0.2) is 53.6 Å². The molecule has 6 heteroatoms. The van der Waals surface area contributed by atoms with Crippen LogP contribution in [0.5, 0.6) is 17.2 Å². The smallest absolute Gasteiger partial charge is 0.277 e. The molecule has 0 saturated carbocycles. The number of benzene rings is 2. The molecule has 0 unspecified atom stereocenters. The van der Waals surface area contributed by atoms with Crippen LogP contribution >= 0.6 is 0 Å². The van der Waals surface area contributed by atoms with Gasteiger partial charge in [-0.25, -0.2) is 5.43 Å². The highest BCUT2D eigenvalue weighted by Gasteiger charge is 2.02. The van der Waals surface area contributed by atoms with Crippen molar-refractivity contribution in [2.75, 3.05) is 20.3 Å². The Morgan fingerprint density at radius 3 is 2.46 bits per heavy atom. The van der Waals surface area contributed by atoms with Crippen molar-refractivity contribution in [1.82, 2.24) is 5.43 Å². The molecule has 2 rings (SSSR count). The molecule has 0 spiro atoms. The lowest BCUT2D eigenvalue weighted by Gasteiger charge is -2.06. The number of nitrogens with one attached hydrogen (secondary N) is 1. The third-order valence-electron chi connectivity index (χ3n) is 3.00. The second kappa shape index (κ2) is 9.19. The van der Waals surface area contributed by atoms with E-state index in [1.54, 1.807) is 31.4 Å². The van der Waals surface area contributed by atoms with Gasteiger partial charge in [0.1, 0.15) is 17.2 Å². The van der Waals surface area contributed by atoms with Gasteiger partial charge in [0, 0.05) is 0 Å². The van der Waals surface area contributed by atoms with Crippen LogP contribution in [0.1, 0.15) is 12.5 Å². The van der Waals surface area contributed by atoms with Gasteiger partial charge in [-0.05, 0) is 48.9 Å². The maximum atomic E-state index is 11.7. The molecular formula is C18H20N2O4. The van der Waals surface area contributed by atoms with Gasteiger partial charge in [0.05, 0.1) is 19.9 Å². The molecule has 1 amide bonds. The van der Waals surface area contributed by atoms with Gasteiger partial charge in [-0.3, -0.25) is 4.79 Å². The fraction of sp³-hybridized carbons (Fsp3) is 0.222. The quantitative estimate of drug-likeness (QED) is 0.597. The Hall–Kier alpha value is -3.02. The van der Waals surface area contributed by atoms with Crippen molar-refractivity contribution in [2.24, 2.45) is 5.10 Å². The highest BCUT2D eigenvalue weighted by molar-refractivity contribution is 5.83. The van der Waals surface area contributed by atoms with Crippen molar-refractivity contribution in [3.05, 3.63) is 54.1 Å². The van der Waals surface area contributed by atoms with E-state index in [-0.39, 0.29) is 12.5 Å². The summed E-state index contributed by atoms with van der Waals surface area (Å²) >= 11 is 0. The van der Waals surface area contributed by atoms with E-state index in [1.807, 2.05) is 31.2 Å². The summed E-state index contributed by atoms with van der Waals surface area (Å²) < 4.78 is 15.8. The summed E-state index contributed by atoms with van der Waals surface area (Å²) in [4.78, 5) is 11.7. The van der Waals surface area contributed by atoms with Crippen molar-refractivity contribution in [2.45, 2.75) is 6.92 Å². The normalized spacial score (nSPS) is 10.4. The van der Waals surface area contributed by atoms with E-state index in [1.165, 1.54) is 6.21 Å². The molecule has 0 aliphatic carbocycles. The molecule has 24 heavy (non-hydrogen) atoms. The Kier molecular flexibility index (Phi) is 6.64. The summed E-state index contributed by atoms with van der Waals surface area (Å²) in [7, 11) is 1.59. The first-order chi connectivity index (χ1) is 11.7. The summed E-state index contributed by atoms with van der Waals surface area (Å²) in [5, 5.41) is 3.89. The van der Waals surface area contributed by atoms with Crippen molar-refractivity contribution in [3.63, 3.8) is 0 Å². The van der Waals surface area contributed by atoms with Crippen LogP contribution in [0.4, 0.5) is 0 Å². The molecule has 0 bridgehead atoms. The third-order valence-corrected chi connectivity index (χ3v) is 3.00. The molecule has 0 radical (unpaired) electrons. The van der Waals surface area contributed by atoms with E-state index in [0.717, 1.165) is 17.1 Å². The first kappa shape index (κ1) is 17.3. The number of rotatable bonds is 8. The van der Waals surface area contributed by atoms with Crippen LogP contribution in [0.3, 0.4) is 0 Å². The highest BCUT2D eigenvalue weighted by Crippen LogP contribution is 2.17. The molecule has 0 heterocycles. The zero-order valence-corrected chi connectivity index (χ0v) is 13.7. The molecule has 2 aromatic rings.